The third-order valence-corrected chi connectivity index (χ3v) is 2.81. The van der Waals surface area contributed by atoms with Gasteiger partial charge in [0, 0.05) is 0 Å². The number of carbonyl (C=O) groups is 1. The molecule has 1 heterocycles. The maximum atomic E-state index is 10.9. The zero-order valence-electron chi connectivity index (χ0n) is 9.58. The molecule has 1 aromatic carbocycles. The van der Waals surface area contributed by atoms with Crippen LogP contribution in [-0.2, 0) is 9.63 Å². The second kappa shape index (κ2) is 4.45. The van der Waals surface area contributed by atoms with Crippen molar-refractivity contribution in [2.75, 3.05) is 7.11 Å². The number of carboxylic acids is 1. The Morgan fingerprint density at radius 3 is 2.53 bits per heavy atom. The summed E-state index contributed by atoms with van der Waals surface area (Å²) in [5, 5.41) is 12.5. The summed E-state index contributed by atoms with van der Waals surface area (Å²) in [5.41, 5.74) is 0.948. The maximum absolute atomic E-state index is 10.9. The number of benzene rings is 1. The zero-order chi connectivity index (χ0) is 12.4. The highest BCUT2D eigenvalue weighted by molar-refractivity contribution is 6.36. The van der Waals surface area contributed by atoms with Crippen molar-refractivity contribution in [1.29, 1.82) is 0 Å². The van der Waals surface area contributed by atoms with Crippen molar-refractivity contribution >= 4 is 11.7 Å². The van der Waals surface area contributed by atoms with Crippen LogP contribution in [0.2, 0.25) is 0 Å². The number of aliphatic carboxylic acids is 1. The van der Waals surface area contributed by atoms with E-state index < -0.39 is 5.97 Å². The molecule has 0 bridgehead atoms. The highest BCUT2D eigenvalue weighted by Gasteiger charge is 2.35. The average molecular weight is 235 g/mol. The van der Waals surface area contributed by atoms with Crippen molar-refractivity contribution in [3.05, 3.63) is 29.8 Å². The molecule has 17 heavy (non-hydrogen) atoms. The summed E-state index contributed by atoms with van der Waals surface area (Å²) in [6, 6.07) is 7.31. The molecule has 1 aliphatic heterocycles. The maximum Gasteiger partial charge on any atom is 0.354 e. The van der Waals surface area contributed by atoms with Crippen LogP contribution in [-0.4, -0.2) is 23.9 Å². The van der Waals surface area contributed by atoms with Gasteiger partial charge < -0.3 is 14.7 Å². The molecular formula is C12H13NO4. The first-order valence-electron chi connectivity index (χ1n) is 5.24. The fourth-order valence-electron chi connectivity index (χ4n) is 1.81. The average Bonchev–Trinajstić information content (AvgIpc) is 2.71. The van der Waals surface area contributed by atoms with Crippen LogP contribution in [0.25, 0.3) is 0 Å². The quantitative estimate of drug-likeness (QED) is 0.868. The van der Waals surface area contributed by atoms with E-state index in [0.717, 1.165) is 11.3 Å². The van der Waals surface area contributed by atoms with Crippen LogP contribution in [0.5, 0.6) is 5.75 Å². The third-order valence-electron chi connectivity index (χ3n) is 2.81. The smallest absolute Gasteiger partial charge is 0.354 e. The van der Waals surface area contributed by atoms with Crippen LogP contribution in [0.1, 0.15) is 18.6 Å². The first-order valence-corrected chi connectivity index (χ1v) is 5.24. The van der Waals surface area contributed by atoms with Gasteiger partial charge in [-0.2, -0.15) is 0 Å². The molecule has 0 aromatic heterocycles. The highest BCUT2D eigenvalue weighted by atomic mass is 16.6. The van der Waals surface area contributed by atoms with E-state index >= 15 is 0 Å². The minimum atomic E-state index is -1.03. The second-order valence-electron chi connectivity index (χ2n) is 3.87. The van der Waals surface area contributed by atoms with E-state index in [1.165, 1.54) is 0 Å². The first kappa shape index (κ1) is 11.4. The summed E-state index contributed by atoms with van der Waals surface area (Å²) < 4.78 is 5.05. The summed E-state index contributed by atoms with van der Waals surface area (Å²) in [6.45, 7) is 1.79. The molecular weight excluding hydrogens is 222 g/mol. The first-order chi connectivity index (χ1) is 8.13. The lowest BCUT2D eigenvalue weighted by Crippen LogP contribution is -2.21. The number of oxime groups is 1. The summed E-state index contributed by atoms with van der Waals surface area (Å²) in [4.78, 5) is 16.0. The van der Waals surface area contributed by atoms with E-state index in [0.29, 0.717) is 0 Å². The number of nitrogens with zero attached hydrogens (tertiary/aromatic N) is 1. The van der Waals surface area contributed by atoms with E-state index in [4.69, 9.17) is 14.7 Å². The third kappa shape index (κ3) is 2.08. The molecule has 0 unspecified atom stereocenters. The molecule has 0 saturated carbocycles. The van der Waals surface area contributed by atoms with Gasteiger partial charge in [0.1, 0.15) is 5.75 Å². The van der Waals surface area contributed by atoms with Gasteiger partial charge in [0.2, 0.25) is 0 Å². The SMILES string of the molecule is COc1ccc([C@@H]2ON=C(C(=O)O)[C@H]2C)cc1. The van der Waals surface area contributed by atoms with Gasteiger partial charge in [-0.15, -0.1) is 0 Å². The fourth-order valence-corrected chi connectivity index (χ4v) is 1.81. The molecule has 2 atom stereocenters. The number of ether oxygens (including phenoxy) is 1. The van der Waals surface area contributed by atoms with E-state index in [2.05, 4.69) is 5.16 Å². The van der Waals surface area contributed by atoms with Gasteiger partial charge in [0.15, 0.2) is 11.8 Å². The molecule has 1 N–H and O–H groups in total. The number of methoxy groups -OCH3 is 1. The molecule has 0 amide bonds. The Hall–Kier alpha value is -2.04. The van der Waals surface area contributed by atoms with Gasteiger partial charge in [-0.3, -0.25) is 0 Å². The van der Waals surface area contributed by atoms with Crippen molar-refractivity contribution in [1.82, 2.24) is 0 Å². The largest absolute Gasteiger partial charge is 0.497 e. The van der Waals surface area contributed by atoms with Crippen LogP contribution in [0.4, 0.5) is 0 Å². The number of hydrogen-bond acceptors (Lipinski definition) is 4. The van der Waals surface area contributed by atoms with Crippen molar-refractivity contribution in [2.24, 2.45) is 11.1 Å². The fraction of sp³-hybridized carbons (Fsp3) is 0.333. The standard InChI is InChI=1S/C12H13NO4/c1-7-10(12(14)15)13-17-11(7)8-3-5-9(16-2)6-4-8/h3-7,11H,1-2H3,(H,14,15)/t7-,11-/m1/s1. The van der Waals surface area contributed by atoms with Crippen molar-refractivity contribution in [2.45, 2.75) is 13.0 Å². The van der Waals surface area contributed by atoms with E-state index in [-0.39, 0.29) is 17.7 Å². The Morgan fingerprint density at radius 1 is 1.41 bits per heavy atom. The van der Waals surface area contributed by atoms with Crippen LogP contribution < -0.4 is 4.74 Å². The van der Waals surface area contributed by atoms with E-state index in [9.17, 15) is 4.79 Å². The van der Waals surface area contributed by atoms with Crippen molar-refractivity contribution in [3.63, 3.8) is 0 Å². The Bertz CT molecular complexity index is 452. The number of hydrogen-bond donors (Lipinski definition) is 1. The predicted octanol–water partition coefficient (Wildman–Crippen LogP) is 1.84. The molecule has 1 aliphatic rings. The monoisotopic (exact) mass is 235 g/mol. The molecule has 5 heteroatoms. The van der Waals surface area contributed by atoms with Gasteiger partial charge in [-0.25, -0.2) is 4.79 Å². The number of carboxylic acid groups (broad SMARTS) is 1. The minimum absolute atomic E-state index is 0.0609. The van der Waals surface area contributed by atoms with Gasteiger partial charge in [-0.05, 0) is 17.7 Å². The molecule has 90 valence electrons. The van der Waals surface area contributed by atoms with Crippen LogP contribution >= 0.6 is 0 Å². The lowest BCUT2D eigenvalue weighted by molar-refractivity contribution is -0.129. The lowest BCUT2D eigenvalue weighted by atomic mass is 9.94. The molecule has 0 spiro atoms. The molecule has 5 nitrogen and oxygen atoms in total. The molecule has 2 rings (SSSR count). The van der Waals surface area contributed by atoms with Gasteiger partial charge in [-0.1, -0.05) is 24.2 Å². The summed E-state index contributed by atoms with van der Waals surface area (Å²) in [6.07, 6.45) is -0.341. The van der Waals surface area contributed by atoms with Gasteiger partial charge >= 0.3 is 5.97 Å². The zero-order valence-corrected chi connectivity index (χ0v) is 9.58. The summed E-state index contributed by atoms with van der Waals surface area (Å²) >= 11 is 0. The molecule has 0 aliphatic carbocycles. The van der Waals surface area contributed by atoms with Crippen LogP contribution in [0, 0.1) is 5.92 Å². The molecule has 0 radical (unpaired) electrons. The molecule has 0 fully saturated rings. The predicted molar refractivity (Wildman–Crippen MR) is 61.1 cm³/mol. The lowest BCUT2D eigenvalue weighted by Gasteiger charge is -2.14. The Morgan fingerprint density at radius 2 is 2.06 bits per heavy atom. The molecule has 0 saturated heterocycles. The van der Waals surface area contributed by atoms with Crippen molar-refractivity contribution < 1.29 is 19.5 Å². The summed E-state index contributed by atoms with van der Waals surface area (Å²) in [7, 11) is 1.59. The van der Waals surface area contributed by atoms with Crippen LogP contribution in [0.15, 0.2) is 29.4 Å². The van der Waals surface area contributed by atoms with Gasteiger partial charge in [0.05, 0.1) is 13.0 Å². The minimum Gasteiger partial charge on any atom is -0.497 e. The van der Waals surface area contributed by atoms with E-state index in [1.807, 2.05) is 24.3 Å². The highest BCUT2D eigenvalue weighted by Crippen LogP contribution is 2.33. The topological polar surface area (TPSA) is 68.1 Å². The Labute approximate surface area is 98.6 Å². The normalized spacial score (nSPS) is 22.8. The molecule has 1 aromatic rings. The second-order valence-corrected chi connectivity index (χ2v) is 3.87. The summed E-state index contributed by atoms with van der Waals surface area (Å²) in [5.74, 6) is -0.548. The number of rotatable bonds is 3. The van der Waals surface area contributed by atoms with Gasteiger partial charge in [0.25, 0.3) is 0 Å². The van der Waals surface area contributed by atoms with Crippen LogP contribution in [0.3, 0.4) is 0 Å². The van der Waals surface area contributed by atoms with E-state index in [1.54, 1.807) is 14.0 Å². The Kier molecular flexibility index (Phi) is 2.99. The Balaban J connectivity index is 2.17. The van der Waals surface area contributed by atoms with Crippen molar-refractivity contribution in [3.8, 4) is 5.75 Å².